The number of rotatable bonds is 5. The second kappa shape index (κ2) is 8.22. The number of para-hydroxylation sites is 1. The number of piperidine rings is 1. The minimum absolute atomic E-state index is 0.00126. The van der Waals surface area contributed by atoms with Crippen LogP contribution in [0.5, 0.6) is 0 Å². The molecule has 0 radical (unpaired) electrons. The van der Waals surface area contributed by atoms with Crippen molar-refractivity contribution in [2.45, 2.75) is 65.5 Å². The Morgan fingerprint density at radius 1 is 1.27 bits per heavy atom. The Hall–Kier alpha value is -2.08. The molecule has 1 amide bonds. The molecule has 0 bridgehead atoms. The van der Waals surface area contributed by atoms with Gasteiger partial charge in [0.1, 0.15) is 0 Å². The lowest BCUT2D eigenvalue weighted by Gasteiger charge is -2.37. The zero-order valence-corrected chi connectivity index (χ0v) is 18.9. The first kappa shape index (κ1) is 21.2. The van der Waals surface area contributed by atoms with Gasteiger partial charge in [0.15, 0.2) is 0 Å². The summed E-state index contributed by atoms with van der Waals surface area (Å²) >= 11 is 0. The molecule has 1 aromatic heterocycles. The summed E-state index contributed by atoms with van der Waals surface area (Å²) in [5, 5.41) is 0. The average molecular weight is 413 g/mol. The molecule has 1 aromatic carbocycles. The van der Waals surface area contributed by atoms with Crippen molar-refractivity contribution in [1.82, 2.24) is 19.4 Å². The first-order chi connectivity index (χ1) is 14.2. The van der Waals surface area contributed by atoms with E-state index in [-0.39, 0.29) is 17.0 Å². The number of amides is 1. The molecule has 2 atom stereocenters. The van der Waals surface area contributed by atoms with Crippen molar-refractivity contribution in [2.75, 3.05) is 26.7 Å². The highest BCUT2D eigenvalue weighted by molar-refractivity contribution is 5.81. The van der Waals surface area contributed by atoms with Crippen LogP contribution in [0.15, 0.2) is 23.0 Å². The monoisotopic (exact) mass is 412 g/mol. The molecule has 30 heavy (non-hydrogen) atoms. The highest BCUT2D eigenvalue weighted by Crippen LogP contribution is 2.27. The summed E-state index contributed by atoms with van der Waals surface area (Å²) in [6.07, 6.45) is 5.63. The molecule has 0 saturated carbocycles. The van der Waals surface area contributed by atoms with Crippen LogP contribution in [0.25, 0.3) is 11.0 Å². The van der Waals surface area contributed by atoms with Gasteiger partial charge in [-0.05, 0) is 63.2 Å². The number of likely N-dealkylation sites (N-methyl/N-ethyl adjacent to an activating group) is 1. The fourth-order valence-corrected chi connectivity index (χ4v) is 5.23. The summed E-state index contributed by atoms with van der Waals surface area (Å²) in [5.41, 5.74) is 3.00. The Morgan fingerprint density at radius 3 is 2.83 bits per heavy atom. The molecule has 1 saturated heterocycles. The van der Waals surface area contributed by atoms with Crippen molar-refractivity contribution in [3.63, 3.8) is 0 Å². The van der Waals surface area contributed by atoms with Crippen LogP contribution in [-0.4, -0.2) is 58.0 Å². The lowest BCUT2D eigenvalue weighted by Crippen LogP contribution is -2.45. The van der Waals surface area contributed by atoms with E-state index in [2.05, 4.69) is 27.9 Å². The number of aromatic amines is 1. The smallest absolute Gasteiger partial charge is 0.326 e. The van der Waals surface area contributed by atoms with Crippen LogP contribution < -0.4 is 5.69 Å². The van der Waals surface area contributed by atoms with Crippen molar-refractivity contribution in [3.8, 4) is 0 Å². The largest absolute Gasteiger partial charge is 0.342 e. The van der Waals surface area contributed by atoms with Gasteiger partial charge < -0.3 is 14.8 Å². The van der Waals surface area contributed by atoms with Gasteiger partial charge in [-0.25, -0.2) is 4.79 Å². The van der Waals surface area contributed by atoms with E-state index < -0.39 is 0 Å². The Bertz CT molecular complexity index is 968. The fourth-order valence-electron chi connectivity index (χ4n) is 5.23. The van der Waals surface area contributed by atoms with Crippen molar-refractivity contribution in [2.24, 2.45) is 11.3 Å². The van der Waals surface area contributed by atoms with Crippen LogP contribution in [-0.2, 0) is 17.8 Å². The van der Waals surface area contributed by atoms with Crippen molar-refractivity contribution >= 4 is 16.9 Å². The van der Waals surface area contributed by atoms with Gasteiger partial charge in [-0.2, -0.15) is 0 Å². The van der Waals surface area contributed by atoms with Gasteiger partial charge in [0, 0.05) is 31.1 Å². The molecule has 0 spiro atoms. The Labute approximate surface area is 179 Å². The maximum Gasteiger partial charge on any atom is 0.326 e. The van der Waals surface area contributed by atoms with E-state index in [1.807, 2.05) is 37.5 Å². The predicted octanol–water partition coefficient (Wildman–Crippen LogP) is 3.25. The number of carbonyl (C=O) groups excluding carboxylic acids is 1. The van der Waals surface area contributed by atoms with Crippen molar-refractivity contribution in [3.05, 3.63) is 34.2 Å². The molecular weight excluding hydrogens is 376 g/mol. The molecule has 1 unspecified atom stereocenters. The highest BCUT2D eigenvalue weighted by Gasteiger charge is 2.31. The third-order valence-corrected chi connectivity index (χ3v) is 6.92. The minimum Gasteiger partial charge on any atom is -0.342 e. The number of likely N-dealkylation sites (tertiary alicyclic amines) is 1. The van der Waals surface area contributed by atoms with Crippen LogP contribution >= 0.6 is 0 Å². The number of H-pyrrole nitrogens is 1. The SMILES string of the molecule is CN(CCCC1CCCN(C(=O)C(C)(C)C)C1)[C@@H]1Cc2cccc3[nH]c(=O)n(c23)C1. The maximum atomic E-state index is 12.6. The second-order valence-electron chi connectivity index (χ2n) is 10.3. The molecule has 4 rings (SSSR count). The first-order valence-corrected chi connectivity index (χ1v) is 11.4. The number of aromatic nitrogens is 2. The molecule has 2 aliphatic heterocycles. The normalized spacial score (nSPS) is 22.1. The van der Waals surface area contributed by atoms with E-state index in [1.165, 1.54) is 12.0 Å². The van der Waals surface area contributed by atoms with E-state index >= 15 is 0 Å². The topological polar surface area (TPSA) is 61.3 Å². The Kier molecular flexibility index (Phi) is 5.80. The standard InChI is InChI=1S/C24H36N4O2/c1-24(2,3)22(29)27-13-7-9-17(15-27)8-6-12-26(4)19-14-18-10-5-11-20-21(18)28(16-19)23(30)25-20/h5,10-11,17,19H,6-9,12-16H2,1-4H3,(H,25,30)/t17?,19-/m1/s1. The third-order valence-electron chi connectivity index (χ3n) is 6.92. The number of nitrogens with one attached hydrogen (secondary N) is 1. The molecule has 6 nitrogen and oxygen atoms in total. The quantitative estimate of drug-likeness (QED) is 0.820. The molecule has 1 N–H and O–H groups in total. The van der Waals surface area contributed by atoms with Crippen molar-refractivity contribution in [1.29, 1.82) is 0 Å². The molecule has 1 fully saturated rings. The summed E-state index contributed by atoms with van der Waals surface area (Å²) in [6, 6.07) is 6.52. The van der Waals surface area contributed by atoms with Crippen molar-refractivity contribution < 1.29 is 4.79 Å². The zero-order valence-electron chi connectivity index (χ0n) is 18.9. The Morgan fingerprint density at radius 2 is 2.07 bits per heavy atom. The van der Waals surface area contributed by atoms with Gasteiger partial charge in [0.25, 0.3) is 0 Å². The van der Waals surface area contributed by atoms with Gasteiger partial charge in [0.2, 0.25) is 5.91 Å². The molecule has 3 heterocycles. The predicted molar refractivity (Wildman–Crippen MR) is 121 cm³/mol. The Balaban J connectivity index is 1.30. The molecule has 2 aliphatic rings. The molecule has 2 aromatic rings. The van der Waals surface area contributed by atoms with Gasteiger partial charge in [0.05, 0.1) is 11.0 Å². The van der Waals surface area contributed by atoms with Gasteiger partial charge >= 0.3 is 5.69 Å². The van der Waals surface area contributed by atoms with Gasteiger partial charge in [-0.1, -0.05) is 32.9 Å². The number of imidazole rings is 1. The third kappa shape index (κ3) is 4.20. The summed E-state index contributed by atoms with van der Waals surface area (Å²) in [6.45, 7) is 9.64. The van der Waals surface area contributed by atoms with E-state index in [0.29, 0.717) is 12.0 Å². The van der Waals surface area contributed by atoms with Crippen LogP contribution in [0, 0.1) is 11.3 Å². The summed E-state index contributed by atoms with van der Waals surface area (Å²) in [7, 11) is 2.18. The molecule has 164 valence electrons. The summed E-state index contributed by atoms with van der Waals surface area (Å²) in [5.74, 6) is 0.894. The molecule has 0 aliphatic carbocycles. The number of hydrogen-bond acceptors (Lipinski definition) is 3. The summed E-state index contributed by atoms with van der Waals surface area (Å²) in [4.78, 5) is 32.5. The number of benzene rings is 1. The van der Waals surface area contributed by atoms with Gasteiger partial charge in [-0.15, -0.1) is 0 Å². The van der Waals surface area contributed by atoms with E-state index in [9.17, 15) is 9.59 Å². The fraction of sp³-hybridized carbons (Fsp3) is 0.667. The van der Waals surface area contributed by atoms with Gasteiger partial charge in [-0.3, -0.25) is 9.36 Å². The highest BCUT2D eigenvalue weighted by atomic mass is 16.2. The second-order valence-corrected chi connectivity index (χ2v) is 10.3. The lowest BCUT2D eigenvalue weighted by molar-refractivity contribution is -0.141. The lowest BCUT2D eigenvalue weighted by atomic mass is 9.89. The van der Waals surface area contributed by atoms with Crippen LogP contribution in [0.4, 0.5) is 0 Å². The number of nitrogens with zero attached hydrogens (tertiary/aromatic N) is 3. The van der Waals surface area contributed by atoms with Crippen LogP contribution in [0.2, 0.25) is 0 Å². The number of carbonyl (C=O) groups is 1. The zero-order chi connectivity index (χ0) is 21.5. The van der Waals surface area contributed by atoms with E-state index in [1.54, 1.807) is 0 Å². The molecular formula is C24H36N4O2. The van der Waals surface area contributed by atoms with Crippen LogP contribution in [0.3, 0.4) is 0 Å². The van der Waals surface area contributed by atoms with Crippen LogP contribution in [0.1, 0.15) is 52.0 Å². The van der Waals surface area contributed by atoms with E-state index in [4.69, 9.17) is 0 Å². The first-order valence-electron chi connectivity index (χ1n) is 11.4. The maximum absolute atomic E-state index is 12.6. The number of hydrogen-bond donors (Lipinski definition) is 1. The van der Waals surface area contributed by atoms with E-state index in [0.717, 1.165) is 62.9 Å². The molecule has 6 heteroatoms. The average Bonchev–Trinajstić information content (AvgIpc) is 3.04. The summed E-state index contributed by atoms with van der Waals surface area (Å²) < 4.78 is 1.91. The minimum atomic E-state index is -0.291.